The number of hydrogen-bond donors (Lipinski definition) is 1. The first kappa shape index (κ1) is 13.2. The molecule has 2 aromatic rings. The summed E-state index contributed by atoms with van der Waals surface area (Å²) in [6.45, 7) is 0.870. The first-order valence-electron chi connectivity index (χ1n) is 6.40. The average Bonchev–Trinajstić information content (AvgIpc) is 2.90. The fourth-order valence-electron chi connectivity index (χ4n) is 1.96. The molecule has 4 nitrogen and oxygen atoms in total. The minimum Gasteiger partial charge on any atom is -0.468 e. The van der Waals surface area contributed by atoms with Crippen LogP contribution in [0.5, 0.6) is 0 Å². The monoisotopic (exact) mass is 285 g/mol. The smallest absolute Gasteiger partial charge is 0.419 e. The normalized spacial score (nSPS) is 15.8. The predicted molar refractivity (Wildman–Crippen MR) is 64.9 cm³/mol. The second kappa shape index (κ2) is 4.97. The van der Waals surface area contributed by atoms with Gasteiger partial charge in [0.25, 0.3) is 0 Å². The summed E-state index contributed by atoms with van der Waals surface area (Å²) in [4.78, 5) is 0. The minimum absolute atomic E-state index is 0.272. The Morgan fingerprint density at radius 3 is 2.85 bits per heavy atom. The van der Waals surface area contributed by atoms with Gasteiger partial charge in [-0.15, -0.1) is 0 Å². The summed E-state index contributed by atoms with van der Waals surface area (Å²) in [6, 6.07) is 2.31. The Hall–Kier alpha value is -1.76. The molecule has 1 N–H and O–H groups in total. The van der Waals surface area contributed by atoms with E-state index in [0.717, 1.165) is 23.7 Å². The molecule has 0 bridgehead atoms. The number of alkyl halides is 3. The molecule has 0 unspecified atom stereocenters. The predicted octanol–water partition coefficient (Wildman–Crippen LogP) is 2.80. The van der Waals surface area contributed by atoms with E-state index in [2.05, 4.69) is 10.4 Å². The molecule has 2 heterocycles. The van der Waals surface area contributed by atoms with Gasteiger partial charge in [-0.1, -0.05) is 0 Å². The Balaban J connectivity index is 1.67. The second-order valence-electron chi connectivity index (χ2n) is 4.95. The first-order valence-corrected chi connectivity index (χ1v) is 6.40. The molecule has 7 heteroatoms. The van der Waals surface area contributed by atoms with Crippen LogP contribution in [0.1, 0.15) is 29.7 Å². The minimum atomic E-state index is -4.36. The Bertz CT molecular complexity index is 584. The molecule has 1 fully saturated rings. The van der Waals surface area contributed by atoms with Crippen LogP contribution in [0, 0.1) is 0 Å². The summed E-state index contributed by atoms with van der Waals surface area (Å²) in [5.74, 6) is 0.751. The Morgan fingerprint density at radius 2 is 2.20 bits per heavy atom. The molecule has 0 aliphatic heterocycles. The number of hydrogen-bond acceptors (Lipinski definition) is 3. The van der Waals surface area contributed by atoms with Crippen molar-refractivity contribution in [2.24, 2.45) is 0 Å². The van der Waals surface area contributed by atoms with E-state index < -0.39 is 11.7 Å². The zero-order valence-electron chi connectivity index (χ0n) is 10.7. The van der Waals surface area contributed by atoms with Gasteiger partial charge in [0.15, 0.2) is 0 Å². The standard InChI is InChI=1S/C13H14F3N3O/c14-13(15,16)10-5-18-19(8-10)7-9-3-4-20-12(9)6-17-11-1-2-11/h3-5,8,11,17H,1-2,6-7H2. The Morgan fingerprint density at radius 1 is 1.40 bits per heavy atom. The summed E-state index contributed by atoms with van der Waals surface area (Å²) < 4.78 is 44.1. The van der Waals surface area contributed by atoms with Gasteiger partial charge in [0.1, 0.15) is 5.76 Å². The van der Waals surface area contributed by atoms with Crippen LogP contribution in [0.2, 0.25) is 0 Å². The van der Waals surface area contributed by atoms with E-state index in [4.69, 9.17) is 4.42 Å². The van der Waals surface area contributed by atoms with Crippen LogP contribution in [0.15, 0.2) is 29.1 Å². The van der Waals surface area contributed by atoms with Crippen LogP contribution >= 0.6 is 0 Å². The second-order valence-corrected chi connectivity index (χ2v) is 4.95. The molecule has 1 saturated carbocycles. The van der Waals surface area contributed by atoms with Gasteiger partial charge in [0.05, 0.1) is 31.1 Å². The number of halogens is 3. The summed E-state index contributed by atoms with van der Waals surface area (Å²) in [5, 5.41) is 7.05. The van der Waals surface area contributed by atoms with Crippen molar-refractivity contribution >= 4 is 0 Å². The van der Waals surface area contributed by atoms with E-state index >= 15 is 0 Å². The summed E-state index contributed by atoms with van der Waals surface area (Å²) in [6.07, 6.45) is 1.38. The molecule has 0 amide bonds. The van der Waals surface area contributed by atoms with E-state index in [1.165, 1.54) is 17.5 Å². The molecule has 2 aromatic heterocycles. The van der Waals surface area contributed by atoms with Crippen molar-refractivity contribution in [3.8, 4) is 0 Å². The number of aromatic nitrogens is 2. The topological polar surface area (TPSA) is 43.0 Å². The molecule has 108 valence electrons. The van der Waals surface area contributed by atoms with Crippen LogP contribution < -0.4 is 5.32 Å². The largest absolute Gasteiger partial charge is 0.468 e. The van der Waals surface area contributed by atoms with Gasteiger partial charge in [0.2, 0.25) is 0 Å². The van der Waals surface area contributed by atoms with Crippen molar-refractivity contribution < 1.29 is 17.6 Å². The van der Waals surface area contributed by atoms with Gasteiger partial charge in [-0.2, -0.15) is 18.3 Å². The van der Waals surface area contributed by atoms with Crippen LogP contribution in [-0.2, 0) is 19.3 Å². The maximum absolute atomic E-state index is 12.5. The molecule has 0 spiro atoms. The average molecular weight is 285 g/mol. The molecule has 0 atom stereocenters. The molecule has 20 heavy (non-hydrogen) atoms. The summed E-state index contributed by atoms with van der Waals surface area (Å²) in [5.41, 5.74) is 0.105. The molecule has 0 aromatic carbocycles. The van der Waals surface area contributed by atoms with Crippen molar-refractivity contribution in [2.45, 2.75) is 38.1 Å². The van der Waals surface area contributed by atoms with Gasteiger partial charge in [-0.05, 0) is 18.9 Å². The SMILES string of the molecule is FC(F)(F)c1cnn(Cc2ccoc2CNC2CC2)c1. The van der Waals surface area contributed by atoms with Crippen molar-refractivity contribution in [1.29, 1.82) is 0 Å². The number of nitrogens with zero attached hydrogens (tertiary/aromatic N) is 2. The fraction of sp³-hybridized carbons (Fsp3) is 0.462. The molecule has 0 saturated heterocycles. The lowest BCUT2D eigenvalue weighted by Crippen LogP contribution is -2.16. The van der Waals surface area contributed by atoms with E-state index in [1.54, 1.807) is 12.3 Å². The van der Waals surface area contributed by atoms with Crippen molar-refractivity contribution in [3.63, 3.8) is 0 Å². The third-order valence-electron chi connectivity index (χ3n) is 3.26. The van der Waals surface area contributed by atoms with Gasteiger partial charge in [0, 0.05) is 17.8 Å². The number of nitrogens with one attached hydrogen (secondary N) is 1. The van der Waals surface area contributed by atoms with Gasteiger partial charge in [-0.3, -0.25) is 4.68 Å². The first-order chi connectivity index (χ1) is 9.52. The van der Waals surface area contributed by atoms with Crippen molar-refractivity contribution in [3.05, 3.63) is 41.6 Å². The van der Waals surface area contributed by atoms with Crippen LogP contribution in [0.3, 0.4) is 0 Å². The number of furan rings is 1. The third kappa shape index (κ3) is 3.04. The summed E-state index contributed by atoms with van der Waals surface area (Å²) in [7, 11) is 0. The highest BCUT2D eigenvalue weighted by atomic mass is 19.4. The quantitative estimate of drug-likeness (QED) is 0.918. The zero-order chi connectivity index (χ0) is 14.2. The van der Waals surface area contributed by atoms with Gasteiger partial charge >= 0.3 is 6.18 Å². The lowest BCUT2D eigenvalue weighted by atomic mass is 10.2. The lowest BCUT2D eigenvalue weighted by Gasteiger charge is -2.04. The maximum atomic E-state index is 12.5. The lowest BCUT2D eigenvalue weighted by molar-refractivity contribution is -0.137. The van der Waals surface area contributed by atoms with Crippen LogP contribution in [0.25, 0.3) is 0 Å². The highest BCUT2D eigenvalue weighted by Crippen LogP contribution is 2.28. The molecular weight excluding hydrogens is 271 g/mol. The molecule has 3 rings (SSSR count). The molecular formula is C13H14F3N3O. The van der Waals surface area contributed by atoms with Crippen molar-refractivity contribution in [1.82, 2.24) is 15.1 Å². The van der Waals surface area contributed by atoms with Crippen molar-refractivity contribution in [2.75, 3.05) is 0 Å². The Labute approximate surface area is 113 Å². The van der Waals surface area contributed by atoms with Crippen LogP contribution in [-0.4, -0.2) is 15.8 Å². The number of rotatable bonds is 5. The molecule has 1 aliphatic rings. The summed E-state index contributed by atoms with van der Waals surface area (Å²) >= 11 is 0. The zero-order valence-corrected chi connectivity index (χ0v) is 10.7. The fourth-order valence-corrected chi connectivity index (χ4v) is 1.96. The van der Waals surface area contributed by atoms with Gasteiger partial charge < -0.3 is 9.73 Å². The van der Waals surface area contributed by atoms with Crippen LogP contribution in [0.4, 0.5) is 13.2 Å². The molecule has 0 radical (unpaired) electrons. The van der Waals surface area contributed by atoms with Gasteiger partial charge in [-0.25, -0.2) is 0 Å². The van der Waals surface area contributed by atoms with E-state index in [1.807, 2.05) is 0 Å². The highest BCUT2D eigenvalue weighted by molar-refractivity contribution is 5.18. The maximum Gasteiger partial charge on any atom is 0.419 e. The van der Waals surface area contributed by atoms with E-state index in [9.17, 15) is 13.2 Å². The highest BCUT2D eigenvalue weighted by Gasteiger charge is 2.32. The third-order valence-corrected chi connectivity index (χ3v) is 3.26. The van der Waals surface area contributed by atoms with E-state index in [-0.39, 0.29) is 6.54 Å². The molecule has 1 aliphatic carbocycles. The van der Waals surface area contributed by atoms with E-state index in [0.29, 0.717) is 12.6 Å². The Kier molecular flexibility index (Phi) is 3.29.